The molecule has 1 amide bonds. The summed E-state index contributed by atoms with van der Waals surface area (Å²) in [5, 5.41) is 6.62. The van der Waals surface area contributed by atoms with Gasteiger partial charge in [-0.15, -0.1) is 11.8 Å². The van der Waals surface area contributed by atoms with Crippen molar-refractivity contribution in [2.75, 3.05) is 11.1 Å². The van der Waals surface area contributed by atoms with E-state index >= 15 is 0 Å². The van der Waals surface area contributed by atoms with E-state index in [1.165, 1.54) is 0 Å². The number of carbonyl (C=O) groups excluding carboxylic acids is 1. The third-order valence-electron chi connectivity index (χ3n) is 4.08. The number of nitrogens with zero attached hydrogens (tertiary/aromatic N) is 1. The van der Waals surface area contributed by atoms with Gasteiger partial charge in [-0.25, -0.2) is 5.01 Å². The molecule has 0 radical (unpaired) electrons. The van der Waals surface area contributed by atoms with Gasteiger partial charge in [0.1, 0.15) is 5.37 Å². The minimum absolute atomic E-state index is 0.00876. The zero-order valence-electron chi connectivity index (χ0n) is 13.5. The summed E-state index contributed by atoms with van der Waals surface area (Å²) in [6.45, 7) is 0. The van der Waals surface area contributed by atoms with Crippen molar-refractivity contribution in [3.63, 3.8) is 0 Å². The Balaban J connectivity index is 1.53. The normalized spacial score (nSPS) is 16.9. The number of H-pyrrole nitrogens is 1. The summed E-state index contributed by atoms with van der Waals surface area (Å²) in [6.07, 6.45) is 1.95. The lowest BCUT2D eigenvalue weighted by Crippen LogP contribution is -2.46. The number of amides is 1. The Hall–Kier alpha value is -2.22. The van der Waals surface area contributed by atoms with E-state index in [9.17, 15) is 4.79 Å². The predicted octanol–water partition coefficient (Wildman–Crippen LogP) is 4.30. The van der Waals surface area contributed by atoms with Crippen LogP contribution in [0.2, 0.25) is 5.02 Å². The highest BCUT2D eigenvalue weighted by Crippen LogP contribution is 2.40. The summed E-state index contributed by atoms with van der Waals surface area (Å²) in [6, 6.07) is 15.2. The van der Waals surface area contributed by atoms with Crippen molar-refractivity contribution in [1.29, 1.82) is 0 Å². The molecule has 0 aliphatic carbocycles. The Morgan fingerprint density at radius 1 is 1.23 bits per heavy atom. The van der Waals surface area contributed by atoms with Crippen LogP contribution in [0.5, 0.6) is 0 Å². The molecule has 26 heavy (non-hydrogen) atoms. The van der Waals surface area contributed by atoms with Gasteiger partial charge in [0.2, 0.25) is 0 Å². The lowest BCUT2D eigenvalue weighted by molar-refractivity contribution is -0.129. The number of aromatic amines is 1. The van der Waals surface area contributed by atoms with Crippen molar-refractivity contribution in [2.24, 2.45) is 0 Å². The van der Waals surface area contributed by atoms with Crippen LogP contribution in [0.1, 0.15) is 10.9 Å². The van der Waals surface area contributed by atoms with Gasteiger partial charge in [-0.05, 0) is 42.5 Å². The quantitative estimate of drug-likeness (QED) is 0.570. The fraction of sp³-hybridized carbons (Fsp3) is 0.111. The third-order valence-corrected chi connectivity index (χ3v) is 5.72. The fourth-order valence-corrected chi connectivity index (χ4v) is 4.35. The van der Waals surface area contributed by atoms with Gasteiger partial charge in [-0.3, -0.25) is 10.2 Å². The predicted molar refractivity (Wildman–Crippen MR) is 111 cm³/mol. The molecule has 5 nitrogen and oxygen atoms in total. The van der Waals surface area contributed by atoms with Crippen molar-refractivity contribution < 1.29 is 4.79 Å². The lowest BCUT2D eigenvalue weighted by atomic mass is 10.1. The number of thioether (sulfide) groups is 1. The summed E-state index contributed by atoms with van der Waals surface area (Å²) in [5.74, 6) is 0.395. The Morgan fingerprint density at radius 3 is 2.81 bits per heavy atom. The second-order valence-corrected chi connectivity index (χ2v) is 7.70. The van der Waals surface area contributed by atoms with E-state index in [0.717, 1.165) is 22.2 Å². The van der Waals surface area contributed by atoms with Crippen molar-refractivity contribution in [2.45, 2.75) is 5.37 Å². The number of hydrogen-bond donors (Lipinski definition) is 3. The van der Waals surface area contributed by atoms with Gasteiger partial charge in [0, 0.05) is 33.4 Å². The molecule has 3 N–H and O–H groups in total. The molecule has 3 aromatic rings. The van der Waals surface area contributed by atoms with E-state index in [0.29, 0.717) is 15.9 Å². The number of rotatable bonds is 3. The van der Waals surface area contributed by atoms with Gasteiger partial charge < -0.3 is 10.3 Å². The highest BCUT2D eigenvalue weighted by molar-refractivity contribution is 8.00. The highest BCUT2D eigenvalue weighted by atomic mass is 35.5. The first kappa shape index (κ1) is 17.2. The molecule has 1 aliphatic heterocycles. The van der Waals surface area contributed by atoms with Gasteiger partial charge in [-0.2, -0.15) is 0 Å². The van der Waals surface area contributed by atoms with Crippen molar-refractivity contribution >= 4 is 63.2 Å². The first-order valence-corrected chi connectivity index (χ1v) is 9.78. The molecule has 8 heteroatoms. The molecule has 1 saturated heterocycles. The average Bonchev–Trinajstić information content (AvgIpc) is 3.21. The molecule has 2 aromatic carbocycles. The summed E-state index contributed by atoms with van der Waals surface area (Å²) in [4.78, 5) is 15.6. The molecule has 0 spiro atoms. The SMILES string of the molecule is O=C1CSC(c2c[nH]c3ccccc23)N1NC(=S)Nc1ccc(Cl)cc1. The maximum absolute atomic E-state index is 12.4. The minimum Gasteiger partial charge on any atom is -0.361 e. The van der Waals surface area contributed by atoms with Crippen molar-refractivity contribution in [3.8, 4) is 0 Å². The summed E-state index contributed by atoms with van der Waals surface area (Å²) in [7, 11) is 0. The number of thiocarbonyl (C=S) groups is 1. The molecule has 1 fully saturated rings. The molecule has 1 aliphatic rings. The molecule has 0 saturated carbocycles. The number of carbonyl (C=O) groups is 1. The Kier molecular flexibility index (Phi) is 4.76. The van der Waals surface area contributed by atoms with E-state index in [2.05, 4.69) is 15.7 Å². The first-order valence-electron chi connectivity index (χ1n) is 7.95. The summed E-state index contributed by atoms with van der Waals surface area (Å²) in [5.41, 5.74) is 5.93. The van der Waals surface area contributed by atoms with Crippen LogP contribution in [0, 0.1) is 0 Å². The number of para-hydroxylation sites is 1. The monoisotopic (exact) mass is 402 g/mol. The van der Waals surface area contributed by atoms with E-state index in [1.54, 1.807) is 28.9 Å². The maximum Gasteiger partial charge on any atom is 0.252 e. The van der Waals surface area contributed by atoms with E-state index < -0.39 is 0 Å². The second-order valence-electron chi connectivity index (χ2n) is 5.79. The van der Waals surface area contributed by atoms with Crippen LogP contribution in [0.25, 0.3) is 10.9 Å². The molecule has 2 heterocycles. The maximum atomic E-state index is 12.4. The van der Waals surface area contributed by atoms with Gasteiger partial charge in [0.25, 0.3) is 5.91 Å². The van der Waals surface area contributed by atoms with Gasteiger partial charge >= 0.3 is 0 Å². The Morgan fingerprint density at radius 2 is 2.00 bits per heavy atom. The van der Waals surface area contributed by atoms with Gasteiger partial charge in [-0.1, -0.05) is 29.8 Å². The molecule has 132 valence electrons. The standard InChI is InChI=1S/C18H15ClN4OS2/c19-11-5-7-12(8-6-11)21-18(25)22-23-16(24)10-26-17(23)14-9-20-15-4-2-1-3-13(14)15/h1-9,17,20H,10H2,(H2,21,22,25). The molecule has 1 aromatic heterocycles. The van der Waals surface area contributed by atoms with Crippen molar-refractivity contribution in [3.05, 3.63) is 65.3 Å². The van der Waals surface area contributed by atoms with E-state index in [-0.39, 0.29) is 11.3 Å². The van der Waals surface area contributed by atoms with Crippen LogP contribution in [0.15, 0.2) is 54.7 Å². The largest absolute Gasteiger partial charge is 0.361 e. The van der Waals surface area contributed by atoms with Crippen LogP contribution in [-0.2, 0) is 4.79 Å². The molecule has 0 bridgehead atoms. The number of benzene rings is 2. The lowest BCUT2D eigenvalue weighted by Gasteiger charge is -2.25. The number of hydrazine groups is 1. The molecule has 4 rings (SSSR count). The zero-order chi connectivity index (χ0) is 18.1. The summed E-state index contributed by atoms with van der Waals surface area (Å²) < 4.78 is 0. The molecule has 1 unspecified atom stereocenters. The van der Waals surface area contributed by atoms with Gasteiger partial charge in [0.05, 0.1) is 5.75 Å². The van der Waals surface area contributed by atoms with Crippen LogP contribution in [0.3, 0.4) is 0 Å². The number of anilines is 1. The topological polar surface area (TPSA) is 60.2 Å². The fourth-order valence-electron chi connectivity index (χ4n) is 2.87. The number of nitrogens with one attached hydrogen (secondary N) is 3. The Labute approximate surface area is 165 Å². The van der Waals surface area contributed by atoms with E-state index in [4.69, 9.17) is 23.8 Å². The van der Waals surface area contributed by atoms with Crippen LogP contribution in [0.4, 0.5) is 5.69 Å². The van der Waals surface area contributed by atoms with Crippen molar-refractivity contribution in [1.82, 2.24) is 15.4 Å². The molecular weight excluding hydrogens is 388 g/mol. The third kappa shape index (κ3) is 3.38. The first-order chi connectivity index (χ1) is 12.6. The zero-order valence-corrected chi connectivity index (χ0v) is 15.9. The summed E-state index contributed by atoms with van der Waals surface area (Å²) >= 11 is 12.8. The van der Waals surface area contributed by atoms with Gasteiger partial charge in [0.15, 0.2) is 5.11 Å². The van der Waals surface area contributed by atoms with E-state index in [1.807, 2.05) is 42.6 Å². The average molecular weight is 403 g/mol. The number of fused-ring (bicyclic) bond motifs is 1. The minimum atomic E-state index is -0.149. The second kappa shape index (κ2) is 7.19. The smallest absolute Gasteiger partial charge is 0.252 e. The highest BCUT2D eigenvalue weighted by Gasteiger charge is 2.35. The Bertz CT molecular complexity index is 973. The van der Waals surface area contributed by atoms with Crippen LogP contribution < -0.4 is 10.7 Å². The number of halogens is 1. The van der Waals surface area contributed by atoms with Crippen LogP contribution >= 0.6 is 35.6 Å². The van der Waals surface area contributed by atoms with Crippen LogP contribution in [-0.4, -0.2) is 26.8 Å². The molecule has 1 atom stereocenters. The number of aromatic nitrogens is 1. The number of hydrogen-bond acceptors (Lipinski definition) is 3. The molecular formula is C18H15ClN4OS2.